The molecule has 3 nitrogen and oxygen atoms in total. The highest BCUT2D eigenvalue weighted by molar-refractivity contribution is 6.42. The van der Waals surface area contributed by atoms with E-state index in [4.69, 9.17) is 23.2 Å². The molecule has 0 spiro atoms. The average molecular weight is 270 g/mol. The van der Waals surface area contributed by atoms with Crippen molar-refractivity contribution in [2.75, 3.05) is 0 Å². The zero-order valence-electron chi connectivity index (χ0n) is 8.71. The molecule has 2 rings (SSSR count). The van der Waals surface area contributed by atoms with Gasteiger partial charge in [-0.15, -0.1) is 0 Å². The minimum atomic E-state index is -0.269. The molecule has 0 aliphatic rings. The molecule has 0 fully saturated rings. The van der Waals surface area contributed by atoms with Crippen molar-refractivity contribution in [3.63, 3.8) is 0 Å². The van der Waals surface area contributed by atoms with Crippen molar-refractivity contribution < 1.29 is 5.11 Å². The maximum Gasteiger partial charge on any atom is 0.256 e. The van der Waals surface area contributed by atoms with Crippen LogP contribution in [0.5, 0.6) is 0 Å². The molecule has 0 saturated heterocycles. The Morgan fingerprint density at radius 2 is 1.94 bits per heavy atom. The van der Waals surface area contributed by atoms with E-state index in [2.05, 4.69) is 4.98 Å². The summed E-state index contributed by atoms with van der Waals surface area (Å²) in [6, 6.07) is 6.57. The van der Waals surface area contributed by atoms with Gasteiger partial charge in [-0.25, -0.2) is 0 Å². The first-order valence-electron chi connectivity index (χ1n) is 4.90. The normalized spacial score (nSPS) is 10.5. The summed E-state index contributed by atoms with van der Waals surface area (Å²) in [5, 5.41) is 10.0. The third-order valence-electron chi connectivity index (χ3n) is 2.43. The molecule has 0 aliphatic heterocycles. The highest BCUT2D eigenvalue weighted by Gasteiger charge is 2.10. The third-order valence-corrected chi connectivity index (χ3v) is 3.16. The fraction of sp³-hybridized carbons (Fsp3) is 0.0833. The fourth-order valence-electron chi connectivity index (χ4n) is 1.62. The highest BCUT2D eigenvalue weighted by atomic mass is 35.5. The summed E-state index contributed by atoms with van der Waals surface area (Å²) in [6.07, 6.45) is 1.49. The highest BCUT2D eigenvalue weighted by Crippen LogP contribution is 2.28. The SMILES string of the molecule is O=c1[nH]ccc(CO)c1-c1ccc(Cl)c(Cl)c1. The molecule has 1 aromatic carbocycles. The van der Waals surface area contributed by atoms with Crippen molar-refractivity contribution in [1.82, 2.24) is 4.98 Å². The number of hydrogen-bond acceptors (Lipinski definition) is 2. The van der Waals surface area contributed by atoms with Crippen molar-refractivity contribution in [2.45, 2.75) is 6.61 Å². The van der Waals surface area contributed by atoms with Gasteiger partial charge in [0.05, 0.1) is 22.2 Å². The molecule has 88 valence electrons. The lowest BCUT2D eigenvalue weighted by molar-refractivity contribution is 0.282. The molecular weight excluding hydrogens is 261 g/mol. The Bertz CT molecular complexity index is 608. The summed E-state index contributed by atoms with van der Waals surface area (Å²) in [5.41, 5.74) is 1.32. The summed E-state index contributed by atoms with van der Waals surface area (Å²) in [6.45, 7) is -0.209. The minimum absolute atomic E-state index is 0.209. The minimum Gasteiger partial charge on any atom is -0.392 e. The van der Waals surface area contributed by atoms with Crippen molar-refractivity contribution in [3.8, 4) is 11.1 Å². The number of aromatic amines is 1. The zero-order valence-corrected chi connectivity index (χ0v) is 10.2. The van der Waals surface area contributed by atoms with E-state index >= 15 is 0 Å². The quantitative estimate of drug-likeness (QED) is 0.881. The van der Waals surface area contributed by atoms with Crippen LogP contribution in [0.25, 0.3) is 11.1 Å². The van der Waals surface area contributed by atoms with Crippen LogP contribution >= 0.6 is 23.2 Å². The van der Waals surface area contributed by atoms with Crippen LogP contribution in [0.1, 0.15) is 5.56 Å². The molecule has 2 N–H and O–H groups in total. The molecule has 0 bridgehead atoms. The number of hydrogen-bond donors (Lipinski definition) is 2. The number of aromatic nitrogens is 1. The predicted octanol–water partition coefficient (Wildman–Crippen LogP) is 2.84. The Hall–Kier alpha value is -1.29. The summed E-state index contributed by atoms with van der Waals surface area (Å²) in [4.78, 5) is 14.3. The lowest BCUT2D eigenvalue weighted by Crippen LogP contribution is -2.11. The first-order chi connectivity index (χ1) is 8.13. The molecule has 1 heterocycles. The first kappa shape index (κ1) is 12.2. The summed E-state index contributed by atoms with van der Waals surface area (Å²) < 4.78 is 0. The molecule has 0 unspecified atom stereocenters. The van der Waals surface area contributed by atoms with Gasteiger partial charge in [0.15, 0.2) is 0 Å². The van der Waals surface area contributed by atoms with E-state index < -0.39 is 0 Å². The van der Waals surface area contributed by atoms with Gasteiger partial charge in [0.2, 0.25) is 0 Å². The van der Waals surface area contributed by atoms with Crippen molar-refractivity contribution in [1.29, 1.82) is 0 Å². The van der Waals surface area contributed by atoms with Gasteiger partial charge in [-0.05, 0) is 29.3 Å². The Labute approximate surface area is 108 Å². The zero-order chi connectivity index (χ0) is 12.4. The number of H-pyrrole nitrogens is 1. The van der Waals surface area contributed by atoms with Crippen LogP contribution in [0.2, 0.25) is 10.0 Å². The van der Waals surface area contributed by atoms with Crippen LogP contribution in [0, 0.1) is 0 Å². The van der Waals surface area contributed by atoms with E-state index in [0.717, 1.165) is 0 Å². The fourth-order valence-corrected chi connectivity index (χ4v) is 1.92. The van der Waals surface area contributed by atoms with Crippen LogP contribution in [0.3, 0.4) is 0 Å². The van der Waals surface area contributed by atoms with Crippen molar-refractivity contribution in [2.24, 2.45) is 0 Å². The smallest absolute Gasteiger partial charge is 0.256 e. The molecule has 0 amide bonds. The van der Waals surface area contributed by atoms with Crippen molar-refractivity contribution in [3.05, 3.63) is 56.4 Å². The topological polar surface area (TPSA) is 53.1 Å². The maximum absolute atomic E-state index is 11.8. The molecule has 0 atom stereocenters. The maximum atomic E-state index is 11.8. The largest absolute Gasteiger partial charge is 0.392 e. The second-order valence-corrected chi connectivity index (χ2v) is 4.31. The molecule has 2 aromatic rings. The number of aliphatic hydroxyl groups excluding tert-OH is 1. The van der Waals surface area contributed by atoms with E-state index in [9.17, 15) is 9.90 Å². The number of aliphatic hydroxyl groups is 1. The molecule has 17 heavy (non-hydrogen) atoms. The van der Waals surface area contributed by atoms with Crippen LogP contribution in [-0.2, 0) is 6.61 Å². The van der Waals surface area contributed by atoms with Crippen LogP contribution in [-0.4, -0.2) is 10.1 Å². The second-order valence-electron chi connectivity index (χ2n) is 3.49. The molecule has 0 aliphatic carbocycles. The van der Waals surface area contributed by atoms with Gasteiger partial charge in [0.1, 0.15) is 0 Å². The third kappa shape index (κ3) is 2.36. The van der Waals surface area contributed by atoms with E-state index in [1.165, 1.54) is 6.20 Å². The summed E-state index contributed by atoms with van der Waals surface area (Å²) in [5.74, 6) is 0. The number of benzene rings is 1. The molecule has 1 aromatic heterocycles. The molecular formula is C12H9Cl2NO2. The van der Waals surface area contributed by atoms with Gasteiger partial charge in [-0.1, -0.05) is 29.3 Å². The lowest BCUT2D eigenvalue weighted by Gasteiger charge is -2.07. The molecule has 5 heteroatoms. The van der Waals surface area contributed by atoms with Crippen LogP contribution in [0.15, 0.2) is 35.3 Å². The number of pyridine rings is 1. The average Bonchev–Trinajstić information content (AvgIpc) is 2.32. The standard InChI is InChI=1S/C12H9Cl2NO2/c13-9-2-1-7(5-10(9)14)11-8(6-16)3-4-15-12(11)17/h1-5,16H,6H2,(H,15,17). The van der Waals surface area contributed by atoms with E-state index in [0.29, 0.717) is 26.7 Å². The molecule has 0 saturated carbocycles. The first-order valence-corrected chi connectivity index (χ1v) is 5.66. The van der Waals surface area contributed by atoms with E-state index in [1.807, 2.05) is 0 Å². The van der Waals surface area contributed by atoms with E-state index in [-0.39, 0.29) is 12.2 Å². The number of rotatable bonds is 2. The Kier molecular flexibility index (Phi) is 3.52. The van der Waals surface area contributed by atoms with Gasteiger partial charge in [0, 0.05) is 6.20 Å². The van der Waals surface area contributed by atoms with Gasteiger partial charge in [-0.3, -0.25) is 4.79 Å². The van der Waals surface area contributed by atoms with Gasteiger partial charge in [0.25, 0.3) is 5.56 Å². The Morgan fingerprint density at radius 1 is 1.18 bits per heavy atom. The second kappa shape index (κ2) is 4.92. The Balaban J connectivity index is 2.67. The van der Waals surface area contributed by atoms with Crippen molar-refractivity contribution >= 4 is 23.2 Å². The lowest BCUT2D eigenvalue weighted by atomic mass is 10.0. The van der Waals surface area contributed by atoms with E-state index in [1.54, 1.807) is 24.3 Å². The molecule has 0 radical (unpaired) electrons. The van der Waals surface area contributed by atoms with Crippen LogP contribution in [0.4, 0.5) is 0 Å². The van der Waals surface area contributed by atoms with Gasteiger partial charge >= 0.3 is 0 Å². The predicted molar refractivity (Wildman–Crippen MR) is 68.4 cm³/mol. The van der Waals surface area contributed by atoms with Gasteiger partial charge < -0.3 is 10.1 Å². The van der Waals surface area contributed by atoms with Crippen LogP contribution < -0.4 is 5.56 Å². The summed E-state index contributed by atoms with van der Waals surface area (Å²) >= 11 is 11.7. The Morgan fingerprint density at radius 3 is 2.59 bits per heavy atom. The monoisotopic (exact) mass is 269 g/mol. The van der Waals surface area contributed by atoms with Gasteiger partial charge in [-0.2, -0.15) is 0 Å². The number of nitrogens with one attached hydrogen (secondary N) is 1. The number of halogens is 2. The summed E-state index contributed by atoms with van der Waals surface area (Å²) in [7, 11) is 0.